The molecule has 1 saturated heterocycles. The van der Waals surface area contributed by atoms with Gasteiger partial charge >= 0.3 is 30.0 Å². The first kappa shape index (κ1) is 48.3. The van der Waals surface area contributed by atoms with Gasteiger partial charge in [-0.15, -0.1) is 0 Å². The van der Waals surface area contributed by atoms with E-state index in [-0.39, 0.29) is 30.6 Å². The average molecular weight is 892 g/mol. The maximum absolute atomic E-state index is 15.6. The third-order valence-electron chi connectivity index (χ3n) is 13.7. The molecule has 3 N–H and O–H groups in total. The molecule has 3 fully saturated rings. The first-order valence-electron chi connectivity index (χ1n) is 21.6. The van der Waals surface area contributed by atoms with Gasteiger partial charge in [0.2, 0.25) is 6.10 Å². The molecule has 0 unspecified atom stereocenters. The van der Waals surface area contributed by atoms with Crippen molar-refractivity contribution in [2.45, 2.75) is 135 Å². The van der Waals surface area contributed by atoms with Crippen molar-refractivity contribution in [3.05, 3.63) is 82.9 Å². The second kappa shape index (κ2) is 18.0. The normalized spacial score (nSPS) is 31.5. The molecule has 0 aromatic heterocycles. The van der Waals surface area contributed by atoms with Crippen molar-refractivity contribution in [1.29, 1.82) is 0 Å². The van der Waals surface area contributed by atoms with E-state index >= 15 is 4.79 Å². The number of fused-ring (bicyclic) bond motifs is 5. The maximum atomic E-state index is 15.6. The van der Waals surface area contributed by atoms with Crippen LogP contribution in [0.15, 0.2) is 71.8 Å². The molecule has 2 aromatic carbocycles. The van der Waals surface area contributed by atoms with Gasteiger partial charge in [0.15, 0.2) is 11.4 Å². The number of Topliss-reactive ketones (excluding diaryl/α,β-unsaturated/α-hetero) is 1. The molecule has 2 saturated carbocycles. The van der Waals surface area contributed by atoms with Crippen LogP contribution in [0.4, 0.5) is 4.79 Å². The van der Waals surface area contributed by atoms with E-state index in [1.54, 1.807) is 97.0 Å². The van der Waals surface area contributed by atoms with Gasteiger partial charge in [0.1, 0.15) is 35.6 Å². The lowest BCUT2D eigenvalue weighted by molar-refractivity contribution is -0.347. The van der Waals surface area contributed by atoms with Crippen LogP contribution in [0, 0.1) is 22.7 Å². The van der Waals surface area contributed by atoms with Gasteiger partial charge < -0.3 is 48.7 Å². The monoisotopic (exact) mass is 891 g/mol. The predicted molar refractivity (Wildman–Crippen MR) is 227 cm³/mol. The van der Waals surface area contributed by atoms with Gasteiger partial charge in [-0.2, -0.15) is 0 Å². The number of carbonyl (C=O) groups excluding carboxylic acids is 6. The maximum Gasteiger partial charge on any atom is 0.408 e. The van der Waals surface area contributed by atoms with Crippen LogP contribution in [0.3, 0.4) is 0 Å². The molecule has 6 rings (SSSR count). The molecule has 1 aliphatic heterocycles. The molecule has 0 spiro atoms. The Balaban J connectivity index is 1.56. The van der Waals surface area contributed by atoms with Gasteiger partial charge in [-0.25, -0.2) is 14.4 Å². The summed E-state index contributed by atoms with van der Waals surface area (Å²) in [4.78, 5) is 84.4. The lowest BCUT2D eigenvalue weighted by atomic mass is 9.43. The smallest absolute Gasteiger partial charge is 0.408 e. The Labute approximate surface area is 373 Å². The van der Waals surface area contributed by atoms with Crippen LogP contribution in [0.5, 0.6) is 0 Å². The molecule has 2 aromatic rings. The zero-order chi connectivity index (χ0) is 47.2. The first-order chi connectivity index (χ1) is 30.0. The number of benzene rings is 2. The second-order valence-corrected chi connectivity index (χ2v) is 18.9. The standard InChI is InChI=1S/C48H61NO15/c1-11-34(52)61-37(36(28-18-14-12-15-19-28)49-43(56)64-44(4,5)6)42(55)60-31-23-48(57)40(62-41(54)29-20-16-13-17-21-29)38-46(9,39(53)30(24-50)35(26(31)2)45(48,7)8)32(58-10)22-33-47(38,25-59-33)63-27(3)51/h12-21,30-33,36-38,40,50,57H,11,22-25H2,1-10H3,(H,49,56)/t30-,31+,32+,33-,36+,37-,38+,40+,46-,47+,48-/m1/s1. The largest absolute Gasteiger partial charge is 0.455 e. The Morgan fingerprint density at radius 2 is 1.59 bits per heavy atom. The quantitative estimate of drug-likeness (QED) is 0.143. The van der Waals surface area contributed by atoms with Crippen molar-refractivity contribution in [1.82, 2.24) is 5.32 Å². The minimum Gasteiger partial charge on any atom is -0.455 e. The third kappa shape index (κ3) is 8.45. The number of nitrogens with one attached hydrogen (secondary N) is 1. The Morgan fingerprint density at radius 3 is 2.12 bits per heavy atom. The van der Waals surface area contributed by atoms with E-state index in [9.17, 15) is 34.2 Å². The Kier molecular flexibility index (Phi) is 13.6. The van der Waals surface area contributed by atoms with Crippen LogP contribution in [-0.2, 0) is 52.3 Å². The van der Waals surface area contributed by atoms with Crippen molar-refractivity contribution in [3.8, 4) is 0 Å². The van der Waals surface area contributed by atoms with Crippen LogP contribution in [-0.4, -0.2) is 114 Å². The Bertz CT molecular complexity index is 2150. The summed E-state index contributed by atoms with van der Waals surface area (Å²) in [6.45, 7) is 13.3. The topological polar surface area (TPSA) is 220 Å². The highest BCUT2D eigenvalue weighted by molar-refractivity contribution is 5.93. The van der Waals surface area contributed by atoms with E-state index in [1.807, 2.05) is 0 Å². The summed E-state index contributed by atoms with van der Waals surface area (Å²) in [5, 5.41) is 27.9. The highest BCUT2D eigenvalue weighted by Crippen LogP contribution is 2.65. The van der Waals surface area contributed by atoms with E-state index in [0.717, 1.165) is 0 Å². The molecule has 348 valence electrons. The number of rotatable bonds is 12. The van der Waals surface area contributed by atoms with Crippen LogP contribution in [0.2, 0.25) is 0 Å². The minimum absolute atomic E-state index is 0.0812. The summed E-state index contributed by atoms with van der Waals surface area (Å²) in [6.07, 6.45) is -8.23. The zero-order valence-electron chi connectivity index (χ0n) is 38.1. The molecule has 16 heteroatoms. The Morgan fingerprint density at radius 1 is 0.969 bits per heavy atom. The second-order valence-electron chi connectivity index (χ2n) is 18.9. The molecule has 16 nitrogen and oxygen atoms in total. The summed E-state index contributed by atoms with van der Waals surface area (Å²) in [6, 6.07) is 15.0. The third-order valence-corrected chi connectivity index (χ3v) is 13.7. The molecule has 3 aliphatic carbocycles. The number of ether oxygens (including phenoxy) is 7. The fourth-order valence-corrected chi connectivity index (χ4v) is 10.6. The van der Waals surface area contributed by atoms with Crippen molar-refractivity contribution in [2.24, 2.45) is 22.7 Å². The van der Waals surface area contributed by atoms with Gasteiger partial charge in [0.05, 0.1) is 42.1 Å². The summed E-state index contributed by atoms with van der Waals surface area (Å²) in [7, 11) is 1.41. The summed E-state index contributed by atoms with van der Waals surface area (Å²) < 4.78 is 42.4. The highest BCUT2D eigenvalue weighted by Gasteiger charge is 2.78. The summed E-state index contributed by atoms with van der Waals surface area (Å²) in [5.41, 5.74) is -7.14. The van der Waals surface area contributed by atoms with Gasteiger partial charge in [0.25, 0.3) is 0 Å². The predicted octanol–water partition coefficient (Wildman–Crippen LogP) is 5.12. The van der Waals surface area contributed by atoms with E-state index in [0.29, 0.717) is 11.1 Å². The van der Waals surface area contributed by atoms with E-state index in [2.05, 4.69) is 5.32 Å². The van der Waals surface area contributed by atoms with E-state index < -0.39 is 125 Å². The SMILES string of the molecule is CCC(=O)O[C@@H](C(=O)O[C@H]1C[C@@]2(O)[C@@H](OC(=O)c3ccccc3)[C@@H]3[C@]4(OC(C)=O)CO[C@@H]4C[C@H](OC)[C@@]3(C)C(=O)[C@H](CO)C(=C1C)C2(C)C)[C@@H](NC(=O)OC(C)(C)C)c1ccccc1. The zero-order valence-corrected chi connectivity index (χ0v) is 38.1. The Hall–Kier alpha value is -5.16. The molecule has 4 aliphatic rings. The first-order valence-corrected chi connectivity index (χ1v) is 21.6. The van der Waals surface area contributed by atoms with Gasteiger partial charge in [-0.1, -0.05) is 69.3 Å². The number of alkyl carbamates (subject to hydrolysis) is 1. The van der Waals surface area contributed by atoms with Crippen molar-refractivity contribution in [3.63, 3.8) is 0 Å². The number of esters is 4. The molecule has 11 atom stereocenters. The number of ketones is 1. The number of methoxy groups -OCH3 is 1. The fraction of sp³-hybridized carbons (Fsp3) is 0.583. The molecular weight excluding hydrogens is 831 g/mol. The number of carbonyl (C=O) groups is 6. The number of hydrogen-bond donors (Lipinski definition) is 3. The lowest BCUT2D eigenvalue weighted by Gasteiger charge is -2.68. The minimum atomic E-state index is -2.29. The molecule has 1 heterocycles. The molecule has 1 amide bonds. The molecule has 64 heavy (non-hydrogen) atoms. The molecular formula is C48H61NO15. The van der Waals surface area contributed by atoms with Crippen molar-refractivity contribution in [2.75, 3.05) is 20.3 Å². The van der Waals surface area contributed by atoms with Crippen molar-refractivity contribution < 1.29 is 72.1 Å². The van der Waals surface area contributed by atoms with Gasteiger partial charge in [-0.3, -0.25) is 14.4 Å². The average Bonchev–Trinajstić information content (AvgIpc) is 3.23. The fourth-order valence-electron chi connectivity index (χ4n) is 10.6. The van der Waals surface area contributed by atoms with Crippen LogP contribution in [0.1, 0.15) is 104 Å². The summed E-state index contributed by atoms with van der Waals surface area (Å²) >= 11 is 0. The summed E-state index contributed by atoms with van der Waals surface area (Å²) in [5.74, 6) is -6.79. The highest BCUT2D eigenvalue weighted by atomic mass is 16.6. The molecule has 2 bridgehead atoms. The van der Waals surface area contributed by atoms with Crippen LogP contribution >= 0.6 is 0 Å². The number of hydrogen-bond acceptors (Lipinski definition) is 15. The molecule has 0 radical (unpaired) electrons. The van der Waals surface area contributed by atoms with Gasteiger partial charge in [-0.05, 0) is 63.5 Å². The van der Waals surface area contributed by atoms with Crippen LogP contribution in [0.25, 0.3) is 0 Å². The van der Waals surface area contributed by atoms with Gasteiger partial charge in [0, 0.05) is 38.7 Å². The van der Waals surface area contributed by atoms with Crippen molar-refractivity contribution >= 4 is 35.8 Å². The number of amides is 1. The van der Waals surface area contributed by atoms with Crippen LogP contribution < -0.4 is 5.32 Å². The number of aliphatic hydroxyl groups is 2. The van der Waals surface area contributed by atoms with E-state index in [4.69, 9.17) is 33.2 Å². The number of aliphatic hydroxyl groups excluding tert-OH is 1. The van der Waals surface area contributed by atoms with E-state index in [1.165, 1.54) is 33.1 Å². The lowest BCUT2D eigenvalue weighted by Crippen LogP contribution is -2.81.